The Morgan fingerprint density at radius 1 is 1.04 bits per heavy atom. The maximum Gasteiger partial charge on any atom is 0.339 e. The fraction of sp³-hybridized carbons (Fsp3) is 0.235. The van der Waals surface area contributed by atoms with Gasteiger partial charge in [-0.05, 0) is 55.3 Å². The third-order valence-corrected chi connectivity index (χ3v) is 4.70. The first kappa shape index (κ1) is 17.8. The standard InChI is InChI=1S/C17H19NO5S/c1-11-5-6-14(9-12(11)2)23-24(20,21)15-7-8-17(22-4)16(10-15)18-13(3)19/h5-10H,1-4H3,(H,18,19). The first-order chi connectivity index (χ1) is 11.2. The van der Waals surface area contributed by atoms with Gasteiger partial charge in [-0.15, -0.1) is 0 Å². The van der Waals surface area contributed by atoms with Gasteiger partial charge in [0.1, 0.15) is 16.4 Å². The highest BCUT2D eigenvalue weighted by molar-refractivity contribution is 7.87. The quantitative estimate of drug-likeness (QED) is 0.839. The second-order valence-electron chi connectivity index (χ2n) is 5.33. The number of carbonyl (C=O) groups is 1. The molecule has 128 valence electrons. The van der Waals surface area contributed by atoms with Gasteiger partial charge in [0.2, 0.25) is 5.91 Å². The number of aryl methyl sites for hydroxylation is 2. The molecule has 7 heteroatoms. The van der Waals surface area contributed by atoms with Crippen molar-refractivity contribution in [1.29, 1.82) is 0 Å². The fourth-order valence-electron chi connectivity index (χ4n) is 2.07. The number of ether oxygens (including phenoxy) is 1. The van der Waals surface area contributed by atoms with Crippen LogP contribution in [-0.4, -0.2) is 21.4 Å². The lowest BCUT2D eigenvalue weighted by Gasteiger charge is -2.12. The highest BCUT2D eigenvalue weighted by atomic mass is 32.2. The summed E-state index contributed by atoms with van der Waals surface area (Å²) in [5.74, 6) is 0.253. The predicted molar refractivity (Wildman–Crippen MR) is 91.0 cm³/mol. The maximum atomic E-state index is 12.5. The zero-order chi connectivity index (χ0) is 17.9. The summed E-state index contributed by atoms with van der Waals surface area (Å²) in [6, 6.07) is 9.17. The summed E-state index contributed by atoms with van der Waals surface area (Å²) in [5.41, 5.74) is 2.23. The number of hydrogen-bond acceptors (Lipinski definition) is 5. The van der Waals surface area contributed by atoms with E-state index in [4.69, 9.17) is 8.92 Å². The van der Waals surface area contributed by atoms with E-state index in [0.29, 0.717) is 5.75 Å². The van der Waals surface area contributed by atoms with Gasteiger partial charge in [-0.1, -0.05) is 6.07 Å². The Morgan fingerprint density at radius 2 is 1.75 bits per heavy atom. The highest BCUT2D eigenvalue weighted by Crippen LogP contribution is 2.29. The number of rotatable bonds is 5. The topological polar surface area (TPSA) is 81.7 Å². The molecule has 24 heavy (non-hydrogen) atoms. The van der Waals surface area contributed by atoms with Gasteiger partial charge in [-0.3, -0.25) is 4.79 Å². The van der Waals surface area contributed by atoms with Crippen LogP contribution in [0.15, 0.2) is 41.3 Å². The van der Waals surface area contributed by atoms with E-state index < -0.39 is 10.1 Å². The van der Waals surface area contributed by atoms with E-state index in [-0.39, 0.29) is 22.2 Å². The number of amides is 1. The Kier molecular flexibility index (Phi) is 5.14. The van der Waals surface area contributed by atoms with E-state index in [0.717, 1.165) is 11.1 Å². The number of benzene rings is 2. The lowest BCUT2D eigenvalue weighted by molar-refractivity contribution is -0.114. The summed E-state index contributed by atoms with van der Waals surface area (Å²) in [4.78, 5) is 11.2. The second kappa shape index (κ2) is 6.92. The van der Waals surface area contributed by atoms with Crippen LogP contribution in [0.5, 0.6) is 11.5 Å². The van der Waals surface area contributed by atoms with Crippen molar-refractivity contribution in [2.45, 2.75) is 25.7 Å². The van der Waals surface area contributed by atoms with Gasteiger partial charge in [0, 0.05) is 6.92 Å². The molecule has 0 fully saturated rings. The van der Waals surface area contributed by atoms with Crippen LogP contribution in [0.2, 0.25) is 0 Å². The number of nitrogens with one attached hydrogen (secondary N) is 1. The molecule has 2 aromatic rings. The molecule has 0 bridgehead atoms. The summed E-state index contributed by atoms with van der Waals surface area (Å²) in [5, 5.41) is 2.53. The lowest BCUT2D eigenvalue weighted by atomic mass is 10.1. The van der Waals surface area contributed by atoms with Crippen molar-refractivity contribution < 1.29 is 22.1 Å². The number of hydrogen-bond donors (Lipinski definition) is 1. The SMILES string of the molecule is COc1ccc(S(=O)(=O)Oc2ccc(C)c(C)c2)cc1NC(C)=O. The Hall–Kier alpha value is -2.54. The number of carbonyl (C=O) groups excluding carboxylic acids is 1. The summed E-state index contributed by atoms with van der Waals surface area (Å²) in [6.07, 6.45) is 0. The molecule has 1 amide bonds. The van der Waals surface area contributed by atoms with Crippen LogP contribution in [0.3, 0.4) is 0 Å². The van der Waals surface area contributed by atoms with Crippen LogP contribution >= 0.6 is 0 Å². The minimum atomic E-state index is -4.03. The minimum Gasteiger partial charge on any atom is -0.495 e. The molecule has 0 heterocycles. The minimum absolute atomic E-state index is 0.0784. The molecule has 0 spiro atoms. The normalized spacial score (nSPS) is 11.0. The monoisotopic (exact) mass is 349 g/mol. The molecular weight excluding hydrogens is 330 g/mol. The molecule has 0 saturated heterocycles. The van der Waals surface area contributed by atoms with Gasteiger partial charge in [-0.25, -0.2) is 0 Å². The summed E-state index contributed by atoms with van der Waals surface area (Å²) >= 11 is 0. The molecule has 1 N–H and O–H groups in total. The molecule has 6 nitrogen and oxygen atoms in total. The molecule has 0 aliphatic heterocycles. The van der Waals surface area contributed by atoms with Crippen molar-refractivity contribution >= 4 is 21.7 Å². The zero-order valence-electron chi connectivity index (χ0n) is 13.9. The third-order valence-electron chi connectivity index (χ3n) is 3.45. The summed E-state index contributed by atoms with van der Waals surface area (Å²) in [7, 11) is -2.60. The van der Waals surface area contributed by atoms with Crippen molar-refractivity contribution in [2.24, 2.45) is 0 Å². The molecule has 0 aromatic heterocycles. The Bertz CT molecular complexity index is 875. The third kappa shape index (κ3) is 4.05. The fourth-order valence-corrected chi connectivity index (χ4v) is 3.02. The van der Waals surface area contributed by atoms with Crippen LogP contribution in [0, 0.1) is 13.8 Å². The van der Waals surface area contributed by atoms with E-state index in [2.05, 4.69) is 5.32 Å². The number of anilines is 1. The van der Waals surface area contributed by atoms with Gasteiger partial charge in [0.15, 0.2) is 0 Å². The average Bonchev–Trinajstić information content (AvgIpc) is 2.50. The molecule has 2 aromatic carbocycles. The van der Waals surface area contributed by atoms with Crippen molar-refractivity contribution in [3.8, 4) is 11.5 Å². The van der Waals surface area contributed by atoms with Crippen molar-refractivity contribution in [3.05, 3.63) is 47.5 Å². The van der Waals surface area contributed by atoms with Crippen molar-refractivity contribution in [2.75, 3.05) is 12.4 Å². The Balaban J connectivity index is 2.37. The van der Waals surface area contributed by atoms with E-state index in [9.17, 15) is 13.2 Å². The smallest absolute Gasteiger partial charge is 0.339 e. The van der Waals surface area contributed by atoms with Gasteiger partial charge in [0.05, 0.1) is 12.8 Å². The van der Waals surface area contributed by atoms with Crippen LogP contribution < -0.4 is 14.2 Å². The summed E-state index contributed by atoms with van der Waals surface area (Å²) in [6.45, 7) is 5.13. The second-order valence-corrected chi connectivity index (χ2v) is 6.87. The molecule has 0 radical (unpaired) electrons. The molecular formula is C17H19NO5S. The van der Waals surface area contributed by atoms with E-state index in [1.807, 2.05) is 13.8 Å². The average molecular weight is 349 g/mol. The largest absolute Gasteiger partial charge is 0.495 e. The van der Waals surface area contributed by atoms with Gasteiger partial charge >= 0.3 is 10.1 Å². The van der Waals surface area contributed by atoms with E-state index in [1.165, 1.54) is 32.2 Å². The Morgan fingerprint density at radius 3 is 2.33 bits per heavy atom. The van der Waals surface area contributed by atoms with Crippen LogP contribution in [-0.2, 0) is 14.9 Å². The molecule has 0 aliphatic rings. The zero-order valence-corrected chi connectivity index (χ0v) is 14.7. The van der Waals surface area contributed by atoms with E-state index in [1.54, 1.807) is 18.2 Å². The first-order valence-electron chi connectivity index (χ1n) is 7.20. The molecule has 0 atom stereocenters. The molecule has 0 unspecified atom stereocenters. The Labute approximate surface area is 141 Å². The van der Waals surface area contributed by atoms with Crippen LogP contribution in [0.4, 0.5) is 5.69 Å². The molecule has 0 saturated carbocycles. The first-order valence-corrected chi connectivity index (χ1v) is 8.61. The van der Waals surface area contributed by atoms with Gasteiger partial charge in [0.25, 0.3) is 0 Å². The maximum absolute atomic E-state index is 12.5. The molecule has 2 rings (SSSR count). The van der Waals surface area contributed by atoms with Crippen molar-refractivity contribution in [3.63, 3.8) is 0 Å². The number of methoxy groups -OCH3 is 1. The predicted octanol–water partition coefficient (Wildman–Crippen LogP) is 3.04. The molecule has 0 aliphatic carbocycles. The van der Waals surface area contributed by atoms with Gasteiger partial charge in [-0.2, -0.15) is 8.42 Å². The lowest BCUT2D eigenvalue weighted by Crippen LogP contribution is -2.12. The van der Waals surface area contributed by atoms with Crippen LogP contribution in [0.1, 0.15) is 18.1 Å². The summed E-state index contributed by atoms with van der Waals surface area (Å²) < 4.78 is 35.2. The van der Waals surface area contributed by atoms with Crippen LogP contribution in [0.25, 0.3) is 0 Å². The van der Waals surface area contributed by atoms with Crippen molar-refractivity contribution in [1.82, 2.24) is 0 Å². The highest BCUT2D eigenvalue weighted by Gasteiger charge is 2.19. The van der Waals surface area contributed by atoms with E-state index >= 15 is 0 Å². The van der Waals surface area contributed by atoms with Gasteiger partial charge < -0.3 is 14.2 Å².